The number of esters is 1. The van der Waals surface area contributed by atoms with E-state index in [0.717, 1.165) is 0 Å². The number of hydrogen-bond donors (Lipinski definition) is 1. The van der Waals surface area contributed by atoms with E-state index in [1.807, 2.05) is 0 Å². The molecule has 0 saturated heterocycles. The van der Waals surface area contributed by atoms with Crippen LogP contribution in [0.15, 0.2) is 9.31 Å². The number of sulfonamides is 1. The lowest BCUT2D eigenvalue weighted by molar-refractivity contribution is 0.0595. The Balaban J connectivity index is 3.56. The lowest BCUT2D eigenvalue weighted by Gasteiger charge is -2.03. The predicted octanol–water partition coefficient (Wildman–Crippen LogP) is 0.591. The van der Waals surface area contributed by atoms with Gasteiger partial charge in [0.05, 0.1) is 7.11 Å². The zero-order valence-electron chi connectivity index (χ0n) is 9.45. The number of nitrogens with one attached hydrogen (secondary N) is 1. The van der Waals surface area contributed by atoms with Crippen LogP contribution in [0.1, 0.15) is 21.9 Å². The van der Waals surface area contributed by atoms with E-state index in [4.69, 9.17) is 4.42 Å². The maximum Gasteiger partial charge on any atom is 0.342 e. The van der Waals surface area contributed by atoms with Crippen LogP contribution in [0.5, 0.6) is 0 Å². The highest BCUT2D eigenvalue weighted by Crippen LogP contribution is 2.26. The maximum absolute atomic E-state index is 11.7. The summed E-state index contributed by atoms with van der Waals surface area (Å²) in [5, 5.41) is 0. The number of methoxy groups -OCH3 is 1. The molecule has 0 atom stereocenters. The fourth-order valence-electron chi connectivity index (χ4n) is 1.43. The molecule has 16 heavy (non-hydrogen) atoms. The van der Waals surface area contributed by atoms with Gasteiger partial charge in [-0.25, -0.2) is 17.9 Å². The van der Waals surface area contributed by atoms with Crippen LogP contribution >= 0.6 is 0 Å². The van der Waals surface area contributed by atoms with E-state index in [1.165, 1.54) is 28.0 Å². The fraction of sp³-hybridized carbons (Fsp3) is 0.444. The third-order valence-electron chi connectivity index (χ3n) is 2.13. The predicted molar refractivity (Wildman–Crippen MR) is 55.8 cm³/mol. The van der Waals surface area contributed by atoms with Crippen molar-refractivity contribution in [1.82, 2.24) is 4.72 Å². The van der Waals surface area contributed by atoms with Gasteiger partial charge in [0.15, 0.2) is 0 Å². The largest absolute Gasteiger partial charge is 0.465 e. The van der Waals surface area contributed by atoms with E-state index in [9.17, 15) is 13.2 Å². The van der Waals surface area contributed by atoms with Gasteiger partial charge in [-0.15, -0.1) is 0 Å². The van der Waals surface area contributed by atoms with Crippen molar-refractivity contribution in [1.29, 1.82) is 0 Å². The minimum Gasteiger partial charge on any atom is -0.465 e. The zero-order chi connectivity index (χ0) is 12.5. The van der Waals surface area contributed by atoms with Gasteiger partial charge in [0.1, 0.15) is 22.0 Å². The molecule has 7 heteroatoms. The molecule has 1 rings (SSSR count). The molecular formula is C9H13NO5S. The normalized spacial score (nSPS) is 11.5. The Hall–Kier alpha value is -1.34. The molecule has 1 heterocycles. The molecule has 0 bridgehead atoms. The topological polar surface area (TPSA) is 85.6 Å². The highest BCUT2D eigenvalue weighted by Gasteiger charge is 2.30. The molecule has 0 aliphatic rings. The van der Waals surface area contributed by atoms with Gasteiger partial charge in [-0.05, 0) is 20.9 Å². The molecule has 0 unspecified atom stereocenters. The van der Waals surface area contributed by atoms with E-state index in [2.05, 4.69) is 9.46 Å². The van der Waals surface area contributed by atoms with Crippen molar-refractivity contribution in [2.75, 3.05) is 14.2 Å². The summed E-state index contributed by atoms with van der Waals surface area (Å²) in [6, 6.07) is 0. The number of carbonyl (C=O) groups excluding carboxylic acids is 1. The van der Waals surface area contributed by atoms with Gasteiger partial charge in [0, 0.05) is 0 Å². The summed E-state index contributed by atoms with van der Waals surface area (Å²) in [5.41, 5.74) is -0.0608. The summed E-state index contributed by atoms with van der Waals surface area (Å²) in [4.78, 5) is 11.3. The molecule has 0 aromatic carbocycles. The Kier molecular flexibility index (Phi) is 3.39. The molecule has 1 N–H and O–H groups in total. The maximum atomic E-state index is 11.7. The molecular weight excluding hydrogens is 234 g/mol. The van der Waals surface area contributed by atoms with Crippen molar-refractivity contribution >= 4 is 16.0 Å². The molecule has 0 aliphatic carbocycles. The number of carbonyl (C=O) groups is 1. The fourth-order valence-corrected chi connectivity index (χ4v) is 2.55. The van der Waals surface area contributed by atoms with Crippen molar-refractivity contribution in [3.8, 4) is 0 Å². The molecule has 0 radical (unpaired) electrons. The zero-order valence-corrected chi connectivity index (χ0v) is 10.3. The standard InChI is InChI=1S/C9H13NO5S/c1-5-7(9(11)14-4)8(6(2)15-5)16(12,13)10-3/h10H,1-4H3. The van der Waals surface area contributed by atoms with Crippen LogP contribution in [0.3, 0.4) is 0 Å². The van der Waals surface area contributed by atoms with Gasteiger partial charge in [-0.2, -0.15) is 0 Å². The second kappa shape index (κ2) is 4.26. The summed E-state index contributed by atoms with van der Waals surface area (Å²) in [6.45, 7) is 2.98. The molecule has 0 fully saturated rings. The van der Waals surface area contributed by atoms with E-state index >= 15 is 0 Å². The monoisotopic (exact) mass is 247 g/mol. The Labute approximate surface area is 93.6 Å². The highest BCUT2D eigenvalue weighted by molar-refractivity contribution is 7.89. The number of rotatable bonds is 3. The van der Waals surface area contributed by atoms with Crippen molar-refractivity contribution in [2.24, 2.45) is 0 Å². The Bertz CT molecular complexity index is 514. The SMILES string of the molecule is CNS(=O)(=O)c1c(C)oc(C)c1C(=O)OC. The van der Waals surface area contributed by atoms with E-state index in [0.29, 0.717) is 0 Å². The molecule has 1 aromatic rings. The van der Waals surface area contributed by atoms with Gasteiger partial charge in [-0.3, -0.25) is 0 Å². The summed E-state index contributed by atoms with van der Waals surface area (Å²) < 4.78 is 35.2. The third kappa shape index (κ3) is 1.96. The lowest BCUT2D eigenvalue weighted by Crippen LogP contribution is -2.21. The van der Waals surface area contributed by atoms with Crippen molar-refractivity contribution in [2.45, 2.75) is 18.7 Å². The summed E-state index contributed by atoms with van der Waals surface area (Å²) in [6.07, 6.45) is 0. The molecule has 1 aromatic heterocycles. The first-order valence-electron chi connectivity index (χ1n) is 4.47. The van der Waals surface area contributed by atoms with Crippen LogP contribution in [0.2, 0.25) is 0 Å². The quantitative estimate of drug-likeness (QED) is 0.790. The first-order valence-corrected chi connectivity index (χ1v) is 5.95. The second-order valence-corrected chi connectivity index (χ2v) is 4.94. The second-order valence-electron chi connectivity index (χ2n) is 3.12. The van der Waals surface area contributed by atoms with E-state index < -0.39 is 16.0 Å². The van der Waals surface area contributed by atoms with Crippen LogP contribution in [0, 0.1) is 13.8 Å². The lowest BCUT2D eigenvalue weighted by atomic mass is 10.2. The van der Waals surface area contributed by atoms with Crippen LogP contribution in [0.25, 0.3) is 0 Å². The Morgan fingerprint density at radius 3 is 2.31 bits per heavy atom. The van der Waals surface area contributed by atoms with Crippen molar-refractivity contribution in [3.63, 3.8) is 0 Å². The van der Waals surface area contributed by atoms with Crippen LogP contribution < -0.4 is 4.72 Å². The molecule has 90 valence electrons. The average molecular weight is 247 g/mol. The minimum atomic E-state index is -3.74. The number of furan rings is 1. The van der Waals surface area contributed by atoms with Gasteiger partial charge < -0.3 is 9.15 Å². The molecule has 6 nitrogen and oxygen atoms in total. The average Bonchev–Trinajstić information content (AvgIpc) is 2.53. The first kappa shape index (κ1) is 12.7. The van der Waals surface area contributed by atoms with E-state index in [-0.39, 0.29) is 22.0 Å². The molecule has 0 saturated carbocycles. The summed E-state index contributed by atoms with van der Waals surface area (Å²) in [5.74, 6) is -0.353. The Morgan fingerprint density at radius 1 is 1.31 bits per heavy atom. The van der Waals surface area contributed by atoms with Gasteiger partial charge >= 0.3 is 5.97 Å². The highest BCUT2D eigenvalue weighted by atomic mass is 32.2. The molecule has 0 aliphatic heterocycles. The van der Waals surface area contributed by atoms with Crippen molar-refractivity contribution in [3.05, 3.63) is 17.1 Å². The van der Waals surface area contributed by atoms with Gasteiger partial charge in [-0.1, -0.05) is 0 Å². The van der Waals surface area contributed by atoms with Crippen molar-refractivity contribution < 1.29 is 22.4 Å². The smallest absolute Gasteiger partial charge is 0.342 e. The van der Waals surface area contributed by atoms with Crippen LogP contribution in [-0.4, -0.2) is 28.5 Å². The van der Waals surface area contributed by atoms with E-state index in [1.54, 1.807) is 0 Å². The number of ether oxygens (including phenoxy) is 1. The van der Waals surface area contributed by atoms with Gasteiger partial charge in [0.2, 0.25) is 10.0 Å². The van der Waals surface area contributed by atoms with Crippen LogP contribution in [-0.2, 0) is 14.8 Å². The molecule has 0 amide bonds. The van der Waals surface area contributed by atoms with Crippen LogP contribution in [0.4, 0.5) is 0 Å². The molecule has 0 spiro atoms. The Morgan fingerprint density at radius 2 is 1.88 bits per heavy atom. The third-order valence-corrected chi connectivity index (χ3v) is 3.70. The first-order chi connectivity index (χ1) is 7.35. The summed E-state index contributed by atoms with van der Waals surface area (Å²) in [7, 11) is -1.30. The minimum absolute atomic E-state index is 0.0608. The van der Waals surface area contributed by atoms with Gasteiger partial charge in [0.25, 0.3) is 0 Å². The number of hydrogen-bond acceptors (Lipinski definition) is 5. The summed E-state index contributed by atoms with van der Waals surface area (Å²) >= 11 is 0. The number of aryl methyl sites for hydroxylation is 2.